The Morgan fingerprint density at radius 2 is 1.68 bits per heavy atom. The van der Waals surface area contributed by atoms with Gasteiger partial charge in [0.1, 0.15) is 11.8 Å². The van der Waals surface area contributed by atoms with Crippen LogP contribution in [0.3, 0.4) is 0 Å². The highest BCUT2D eigenvalue weighted by Crippen LogP contribution is 2.32. The molecule has 3 aromatic rings. The standard InChI is InChI=1S/C27H28N2O5/c1-3-25(30)29(17-19-9-12-22(32-2)13-10-19)26(21-7-5-4-6-8-21)27(31)28-16-20-11-14-23-24(15-20)34-18-33-23/h4-15,26H,3,16-18H2,1-2H3,(H,28,31). The number of nitrogens with one attached hydrogen (secondary N) is 1. The van der Waals surface area contributed by atoms with Crippen LogP contribution < -0.4 is 19.5 Å². The molecule has 0 aromatic heterocycles. The molecule has 0 saturated heterocycles. The lowest BCUT2D eigenvalue weighted by Gasteiger charge is -2.31. The number of rotatable bonds is 9. The van der Waals surface area contributed by atoms with Crippen molar-refractivity contribution in [2.75, 3.05) is 13.9 Å². The maximum atomic E-state index is 13.5. The minimum absolute atomic E-state index is 0.108. The van der Waals surface area contributed by atoms with Crippen LogP contribution in [0.2, 0.25) is 0 Å². The van der Waals surface area contributed by atoms with Gasteiger partial charge in [0.25, 0.3) is 0 Å². The molecule has 34 heavy (non-hydrogen) atoms. The Hall–Kier alpha value is -4.00. The molecular weight excluding hydrogens is 432 g/mol. The van der Waals surface area contributed by atoms with E-state index in [0.29, 0.717) is 24.6 Å². The van der Waals surface area contributed by atoms with Crippen molar-refractivity contribution in [1.29, 1.82) is 0 Å². The zero-order valence-corrected chi connectivity index (χ0v) is 19.3. The van der Waals surface area contributed by atoms with Crippen LogP contribution in [0.25, 0.3) is 0 Å². The summed E-state index contributed by atoms with van der Waals surface area (Å²) in [5.41, 5.74) is 2.54. The summed E-state index contributed by atoms with van der Waals surface area (Å²) < 4.78 is 16.0. The van der Waals surface area contributed by atoms with E-state index < -0.39 is 6.04 Å². The number of carbonyl (C=O) groups excluding carboxylic acids is 2. The number of hydrogen-bond donors (Lipinski definition) is 1. The predicted molar refractivity (Wildman–Crippen MR) is 127 cm³/mol. The first-order chi connectivity index (χ1) is 16.6. The van der Waals surface area contributed by atoms with Crippen LogP contribution >= 0.6 is 0 Å². The monoisotopic (exact) mass is 460 g/mol. The molecule has 7 heteroatoms. The second kappa shape index (κ2) is 10.7. The Bertz CT molecular complexity index is 1130. The predicted octanol–water partition coefficient (Wildman–Crippen LogP) is 4.22. The fourth-order valence-electron chi connectivity index (χ4n) is 3.90. The maximum Gasteiger partial charge on any atom is 0.247 e. The molecule has 0 spiro atoms. The molecule has 176 valence electrons. The van der Waals surface area contributed by atoms with Gasteiger partial charge in [-0.15, -0.1) is 0 Å². The van der Waals surface area contributed by atoms with Gasteiger partial charge in [0, 0.05) is 19.5 Å². The zero-order chi connectivity index (χ0) is 23.9. The second-order valence-electron chi connectivity index (χ2n) is 7.94. The van der Waals surface area contributed by atoms with E-state index in [0.717, 1.165) is 22.4 Å². The third-order valence-electron chi connectivity index (χ3n) is 5.71. The Labute approximate surface area is 199 Å². The first-order valence-electron chi connectivity index (χ1n) is 11.2. The van der Waals surface area contributed by atoms with Gasteiger partial charge < -0.3 is 24.4 Å². The number of benzene rings is 3. The van der Waals surface area contributed by atoms with Crippen LogP contribution in [0, 0.1) is 0 Å². The quantitative estimate of drug-likeness (QED) is 0.517. The van der Waals surface area contributed by atoms with Crippen LogP contribution in [0.5, 0.6) is 17.2 Å². The van der Waals surface area contributed by atoms with E-state index in [2.05, 4.69) is 5.32 Å². The van der Waals surface area contributed by atoms with E-state index in [1.54, 1.807) is 18.9 Å². The number of methoxy groups -OCH3 is 1. The van der Waals surface area contributed by atoms with E-state index in [4.69, 9.17) is 14.2 Å². The molecule has 3 aromatic carbocycles. The minimum atomic E-state index is -0.773. The van der Waals surface area contributed by atoms with E-state index in [-0.39, 0.29) is 25.0 Å². The van der Waals surface area contributed by atoms with Crippen molar-refractivity contribution in [3.8, 4) is 17.2 Å². The van der Waals surface area contributed by atoms with Crippen molar-refractivity contribution in [3.63, 3.8) is 0 Å². The molecule has 0 aliphatic carbocycles. The van der Waals surface area contributed by atoms with Crippen molar-refractivity contribution in [2.45, 2.75) is 32.5 Å². The van der Waals surface area contributed by atoms with Crippen LogP contribution in [0.4, 0.5) is 0 Å². The van der Waals surface area contributed by atoms with Gasteiger partial charge in [-0.1, -0.05) is 55.5 Å². The van der Waals surface area contributed by atoms with Gasteiger partial charge in [0.05, 0.1) is 7.11 Å². The number of carbonyl (C=O) groups is 2. The summed E-state index contributed by atoms with van der Waals surface area (Å²) in [5, 5.41) is 3.00. The summed E-state index contributed by atoms with van der Waals surface area (Å²) in [7, 11) is 1.61. The lowest BCUT2D eigenvalue weighted by Crippen LogP contribution is -2.43. The van der Waals surface area contributed by atoms with Gasteiger partial charge in [-0.3, -0.25) is 9.59 Å². The molecule has 1 N–H and O–H groups in total. The summed E-state index contributed by atoms with van der Waals surface area (Å²) >= 11 is 0. The largest absolute Gasteiger partial charge is 0.497 e. The van der Waals surface area contributed by atoms with Crippen molar-refractivity contribution >= 4 is 11.8 Å². The molecule has 0 bridgehead atoms. The molecule has 0 saturated carbocycles. The third-order valence-corrected chi connectivity index (χ3v) is 5.71. The Balaban J connectivity index is 1.58. The fraction of sp³-hybridized carbons (Fsp3) is 0.259. The smallest absolute Gasteiger partial charge is 0.247 e. The SMILES string of the molecule is CCC(=O)N(Cc1ccc(OC)cc1)C(C(=O)NCc1ccc2c(c1)OCO2)c1ccccc1. The summed E-state index contributed by atoms with van der Waals surface area (Å²) in [5.74, 6) is 1.73. The highest BCUT2D eigenvalue weighted by molar-refractivity contribution is 5.88. The van der Waals surface area contributed by atoms with Gasteiger partial charge in [0.2, 0.25) is 18.6 Å². The van der Waals surface area contributed by atoms with Crippen LogP contribution in [-0.2, 0) is 22.7 Å². The van der Waals surface area contributed by atoms with Crippen molar-refractivity contribution < 1.29 is 23.8 Å². The molecule has 1 heterocycles. The fourth-order valence-corrected chi connectivity index (χ4v) is 3.90. The zero-order valence-electron chi connectivity index (χ0n) is 19.3. The Kier molecular flexibility index (Phi) is 7.32. The number of amides is 2. The van der Waals surface area contributed by atoms with E-state index >= 15 is 0 Å². The van der Waals surface area contributed by atoms with Gasteiger partial charge in [-0.25, -0.2) is 0 Å². The molecular formula is C27H28N2O5. The first-order valence-corrected chi connectivity index (χ1v) is 11.2. The van der Waals surface area contributed by atoms with Gasteiger partial charge in [-0.2, -0.15) is 0 Å². The summed E-state index contributed by atoms with van der Waals surface area (Å²) in [6.07, 6.45) is 0.287. The van der Waals surface area contributed by atoms with E-state index in [1.807, 2.05) is 72.8 Å². The normalized spacial score (nSPS) is 12.6. The molecule has 4 rings (SSSR count). The molecule has 1 unspecified atom stereocenters. The van der Waals surface area contributed by atoms with Gasteiger partial charge in [0.15, 0.2) is 11.5 Å². The Morgan fingerprint density at radius 3 is 2.38 bits per heavy atom. The lowest BCUT2D eigenvalue weighted by molar-refractivity contribution is -0.141. The van der Waals surface area contributed by atoms with Crippen molar-refractivity contribution in [3.05, 3.63) is 89.5 Å². The summed E-state index contributed by atoms with van der Waals surface area (Å²) in [6, 6.07) is 21.7. The second-order valence-corrected chi connectivity index (χ2v) is 7.94. The highest BCUT2D eigenvalue weighted by Gasteiger charge is 2.30. The number of fused-ring (bicyclic) bond motifs is 1. The molecule has 1 aliphatic rings. The number of nitrogens with zero attached hydrogens (tertiary/aromatic N) is 1. The molecule has 0 fully saturated rings. The topological polar surface area (TPSA) is 77.1 Å². The summed E-state index contributed by atoms with van der Waals surface area (Å²) in [4.78, 5) is 28.2. The van der Waals surface area contributed by atoms with Crippen molar-refractivity contribution in [2.24, 2.45) is 0 Å². The van der Waals surface area contributed by atoms with E-state index in [9.17, 15) is 9.59 Å². The van der Waals surface area contributed by atoms with Crippen LogP contribution in [-0.4, -0.2) is 30.6 Å². The summed E-state index contributed by atoms with van der Waals surface area (Å²) in [6.45, 7) is 2.60. The molecule has 1 atom stereocenters. The minimum Gasteiger partial charge on any atom is -0.497 e. The maximum absolute atomic E-state index is 13.5. The average molecular weight is 461 g/mol. The molecule has 7 nitrogen and oxygen atoms in total. The van der Waals surface area contributed by atoms with Crippen LogP contribution in [0.1, 0.15) is 36.1 Å². The van der Waals surface area contributed by atoms with Gasteiger partial charge >= 0.3 is 0 Å². The van der Waals surface area contributed by atoms with E-state index in [1.165, 1.54) is 0 Å². The van der Waals surface area contributed by atoms with Crippen LogP contribution in [0.15, 0.2) is 72.8 Å². The lowest BCUT2D eigenvalue weighted by atomic mass is 10.0. The van der Waals surface area contributed by atoms with Crippen molar-refractivity contribution in [1.82, 2.24) is 10.2 Å². The first kappa shape index (κ1) is 23.2. The number of ether oxygens (including phenoxy) is 3. The third kappa shape index (κ3) is 5.31. The average Bonchev–Trinajstić information content (AvgIpc) is 3.35. The Morgan fingerprint density at radius 1 is 0.971 bits per heavy atom. The molecule has 0 radical (unpaired) electrons. The van der Waals surface area contributed by atoms with Gasteiger partial charge in [-0.05, 0) is 41.0 Å². The molecule has 1 aliphatic heterocycles. The highest BCUT2D eigenvalue weighted by atomic mass is 16.7. The number of hydrogen-bond acceptors (Lipinski definition) is 5. The molecule has 2 amide bonds.